The van der Waals surface area contributed by atoms with Crippen molar-refractivity contribution in [2.45, 2.75) is 135 Å². The number of nitrogens with zero attached hydrogens (tertiary/aromatic N) is 2. The highest BCUT2D eigenvalue weighted by Crippen LogP contribution is 2.70. The predicted molar refractivity (Wildman–Crippen MR) is 151 cm³/mol. The molecule has 6 rings (SSSR count). The minimum absolute atomic E-state index is 0.00754. The Morgan fingerprint density at radius 2 is 1.47 bits per heavy atom. The maximum absolute atomic E-state index is 13.0. The van der Waals surface area contributed by atoms with Gasteiger partial charge in [-0.15, -0.1) is 0 Å². The molecule has 0 aromatic heterocycles. The van der Waals surface area contributed by atoms with E-state index in [2.05, 4.69) is 23.6 Å². The largest absolute Gasteiger partial charge is 0.462 e. The average Bonchev–Trinajstić information content (AvgIpc) is 3.23. The Balaban J connectivity index is 1.44. The minimum atomic E-state index is -0.112. The summed E-state index contributed by atoms with van der Waals surface area (Å²) in [6.07, 6.45) is 17.1. The fourth-order valence-electron chi connectivity index (χ4n) is 11.4. The highest BCUT2D eigenvalue weighted by molar-refractivity contribution is 5.71. The molecule has 2 saturated heterocycles. The van der Waals surface area contributed by atoms with E-state index in [1.165, 1.54) is 96.8 Å². The summed E-state index contributed by atoms with van der Waals surface area (Å²) >= 11 is 0. The van der Waals surface area contributed by atoms with Crippen LogP contribution in [0.25, 0.3) is 0 Å². The number of hydrogen-bond acceptors (Lipinski definition) is 5. The van der Waals surface area contributed by atoms with Crippen LogP contribution in [0.5, 0.6) is 0 Å². The van der Waals surface area contributed by atoms with Gasteiger partial charge >= 0.3 is 5.97 Å². The standard InChI is InChI=1S/C33H56N2O3/c1-23(2)30(37)38-25-21-24-11-12-26-27-13-14-29(36)31(27,3)16-15-28(26)32(24,4)33(22-25,34-17-7-5-8-18-34)35-19-9-6-10-20-35/h23-29,36H,5-22H2,1-4H3/t24-,25-,26-,27-,28-,29-,31-,32-/m0/s1. The van der Waals surface area contributed by atoms with Gasteiger partial charge in [-0.2, -0.15) is 0 Å². The molecule has 8 atom stereocenters. The molecule has 6 fully saturated rings. The Morgan fingerprint density at radius 1 is 0.842 bits per heavy atom. The van der Waals surface area contributed by atoms with E-state index in [0.717, 1.165) is 25.2 Å². The summed E-state index contributed by atoms with van der Waals surface area (Å²) in [5, 5.41) is 11.1. The van der Waals surface area contributed by atoms with Gasteiger partial charge in [0, 0.05) is 11.8 Å². The lowest BCUT2D eigenvalue weighted by Gasteiger charge is -2.72. The van der Waals surface area contributed by atoms with Crippen LogP contribution in [0.3, 0.4) is 0 Å². The first-order chi connectivity index (χ1) is 18.2. The number of piperidine rings is 2. The predicted octanol–water partition coefficient (Wildman–Crippen LogP) is 6.24. The number of carbonyl (C=O) groups is 1. The van der Waals surface area contributed by atoms with Gasteiger partial charge in [0.05, 0.1) is 17.7 Å². The molecule has 4 saturated carbocycles. The Bertz CT molecular complexity index is 846. The SMILES string of the molecule is CC(C)C(=O)O[C@H]1C[C@@H]2CC[C@H]3[C@@H]4CC[C@H](O)[C@@]4(C)CC[C@@H]3[C@@]2(C)C(N2CCCCC2)(N2CCCCC2)C1. The van der Waals surface area contributed by atoms with Crippen LogP contribution in [0.2, 0.25) is 0 Å². The van der Waals surface area contributed by atoms with Crippen LogP contribution < -0.4 is 0 Å². The summed E-state index contributed by atoms with van der Waals surface area (Å²) in [4.78, 5) is 18.9. The molecule has 0 aromatic rings. The van der Waals surface area contributed by atoms with Gasteiger partial charge in [0.15, 0.2) is 0 Å². The third-order valence-electron chi connectivity index (χ3n) is 13.3. The number of hydrogen-bond donors (Lipinski definition) is 1. The van der Waals surface area contributed by atoms with Gasteiger partial charge in [-0.1, -0.05) is 40.5 Å². The molecule has 216 valence electrons. The lowest BCUT2D eigenvalue weighted by Crippen LogP contribution is -2.78. The van der Waals surface area contributed by atoms with Gasteiger partial charge in [0.25, 0.3) is 0 Å². The number of ether oxygens (including phenoxy) is 1. The van der Waals surface area contributed by atoms with Crippen LogP contribution in [0.15, 0.2) is 0 Å². The molecule has 2 aliphatic heterocycles. The van der Waals surface area contributed by atoms with Gasteiger partial charge in [0.2, 0.25) is 0 Å². The zero-order valence-corrected chi connectivity index (χ0v) is 24.9. The van der Waals surface area contributed by atoms with Crippen molar-refractivity contribution < 1.29 is 14.6 Å². The molecule has 0 bridgehead atoms. The topological polar surface area (TPSA) is 53.0 Å². The molecule has 0 aromatic carbocycles. The van der Waals surface area contributed by atoms with Crippen molar-refractivity contribution in [3.63, 3.8) is 0 Å². The number of carbonyl (C=O) groups excluding carboxylic acids is 1. The van der Waals surface area contributed by atoms with Crippen molar-refractivity contribution in [2.75, 3.05) is 26.2 Å². The molecule has 0 unspecified atom stereocenters. The molecular weight excluding hydrogens is 472 g/mol. The molecule has 5 nitrogen and oxygen atoms in total. The van der Waals surface area contributed by atoms with Gasteiger partial charge in [0.1, 0.15) is 6.10 Å². The lowest BCUT2D eigenvalue weighted by atomic mass is 9.41. The lowest BCUT2D eigenvalue weighted by molar-refractivity contribution is -0.269. The smallest absolute Gasteiger partial charge is 0.308 e. The van der Waals surface area contributed by atoms with Crippen LogP contribution in [-0.4, -0.2) is 64.9 Å². The first kappa shape index (κ1) is 27.5. The Hall–Kier alpha value is -0.650. The fraction of sp³-hybridized carbons (Fsp3) is 0.970. The third-order valence-corrected chi connectivity index (χ3v) is 13.3. The van der Waals surface area contributed by atoms with E-state index in [1.807, 2.05) is 13.8 Å². The molecule has 0 radical (unpaired) electrons. The van der Waals surface area contributed by atoms with Gasteiger partial charge in [-0.3, -0.25) is 14.6 Å². The molecular formula is C33H56N2O3. The first-order valence-electron chi connectivity index (χ1n) is 16.6. The summed E-state index contributed by atoms with van der Waals surface area (Å²) in [5.41, 5.74) is 0.292. The van der Waals surface area contributed by atoms with Crippen molar-refractivity contribution in [1.82, 2.24) is 9.80 Å². The zero-order valence-electron chi connectivity index (χ0n) is 24.9. The van der Waals surface area contributed by atoms with Crippen molar-refractivity contribution in [2.24, 2.45) is 40.4 Å². The average molecular weight is 529 g/mol. The summed E-state index contributed by atoms with van der Waals surface area (Å²) in [7, 11) is 0. The zero-order chi connectivity index (χ0) is 26.7. The van der Waals surface area contributed by atoms with Crippen LogP contribution in [0, 0.1) is 40.4 Å². The van der Waals surface area contributed by atoms with Gasteiger partial charge in [-0.25, -0.2) is 0 Å². The van der Waals surface area contributed by atoms with Crippen molar-refractivity contribution in [3.05, 3.63) is 0 Å². The normalized spacial score (nSPS) is 45.7. The monoisotopic (exact) mass is 528 g/mol. The summed E-state index contributed by atoms with van der Waals surface area (Å²) in [6.45, 7) is 13.9. The molecule has 5 heteroatoms. The van der Waals surface area contributed by atoms with E-state index in [4.69, 9.17) is 4.74 Å². The number of fused-ring (bicyclic) bond motifs is 5. The van der Waals surface area contributed by atoms with E-state index in [0.29, 0.717) is 17.8 Å². The van der Waals surface area contributed by atoms with Crippen molar-refractivity contribution in [1.29, 1.82) is 0 Å². The fourth-order valence-corrected chi connectivity index (χ4v) is 11.4. The molecule has 4 aliphatic carbocycles. The molecule has 2 heterocycles. The molecule has 1 N–H and O–H groups in total. The van der Waals surface area contributed by atoms with Gasteiger partial charge in [-0.05, 0) is 126 Å². The maximum atomic E-state index is 13.0. The molecule has 38 heavy (non-hydrogen) atoms. The quantitative estimate of drug-likeness (QED) is 0.438. The number of aliphatic hydroxyl groups is 1. The second-order valence-electron chi connectivity index (χ2n) is 15.1. The Kier molecular flexibility index (Phi) is 7.47. The molecule has 0 spiro atoms. The first-order valence-corrected chi connectivity index (χ1v) is 16.6. The van der Waals surface area contributed by atoms with Crippen molar-refractivity contribution in [3.8, 4) is 0 Å². The summed E-state index contributed by atoms with van der Waals surface area (Å²) < 4.78 is 6.39. The summed E-state index contributed by atoms with van der Waals surface area (Å²) in [5.74, 6) is 2.63. The van der Waals surface area contributed by atoms with Crippen LogP contribution in [-0.2, 0) is 9.53 Å². The van der Waals surface area contributed by atoms with Crippen LogP contribution >= 0.6 is 0 Å². The van der Waals surface area contributed by atoms with E-state index in [1.54, 1.807) is 0 Å². The van der Waals surface area contributed by atoms with Crippen LogP contribution in [0.4, 0.5) is 0 Å². The van der Waals surface area contributed by atoms with E-state index in [-0.39, 0.29) is 40.6 Å². The second-order valence-corrected chi connectivity index (χ2v) is 15.1. The Labute approximate surface area is 232 Å². The van der Waals surface area contributed by atoms with E-state index in [9.17, 15) is 9.90 Å². The van der Waals surface area contributed by atoms with Crippen LogP contribution in [0.1, 0.15) is 118 Å². The molecule has 0 amide bonds. The van der Waals surface area contributed by atoms with E-state index >= 15 is 0 Å². The number of aliphatic hydroxyl groups excluding tert-OH is 1. The highest BCUT2D eigenvalue weighted by atomic mass is 16.5. The Morgan fingerprint density at radius 3 is 2.08 bits per heavy atom. The van der Waals surface area contributed by atoms with E-state index < -0.39 is 0 Å². The third kappa shape index (κ3) is 4.06. The van der Waals surface area contributed by atoms with Gasteiger partial charge < -0.3 is 9.84 Å². The summed E-state index contributed by atoms with van der Waals surface area (Å²) in [6, 6.07) is 0. The minimum Gasteiger partial charge on any atom is -0.462 e. The number of rotatable bonds is 4. The maximum Gasteiger partial charge on any atom is 0.308 e. The number of esters is 1. The van der Waals surface area contributed by atoms with Crippen molar-refractivity contribution >= 4 is 5.97 Å². The number of likely N-dealkylation sites (tertiary alicyclic amines) is 2. The molecule has 6 aliphatic rings. The second kappa shape index (κ2) is 10.3. The highest BCUT2D eigenvalue weighted by Gasteiger charge is 2.70.